The van der Waals surface area contributed by atoms with Gasteiger partial charge in [0, 0.05) is 27.2 Å². The van der Waals surface area contributed by atoms with E-state index in [4.69, 9.17) is 0 Å². The molecule has 1 fully saturated rings. The molecule has 0 saturated heterocycles. The lowest BCUT2D eigenvalue weighted by molar-refractivity contribution is 0.245. The maximum Gasteiger partial charge on any atom is 0.0491 e. The molecule has 22 heavy (non-hydrogen) atoms. The third-order valence-corrected chi connectivity index (χ3v) is 7.64. The van der Waals surface area contributed by atoms with Crippen molar-refractivity contribution in [3.05, 3.63) is 71.8 Å². The minimum Gasteiger partial charge on any atom is -0.292 e. The Hall–Kier alpha value is -1.38. The molecule has 0 heterocycles. The van der Waals surface area contributed by atoms with E-state index in [1.165, 1.54) is 17.5 Å². The van der Waals surface area contributed by atoms with Gasteiger partial charge in [0.2, 0.25) is 0 Å². The Balaban J connectivity index is 1.74. The van der Waals surface area contributed by atoms with Crippen LogP contribution in [0.25, 0.3) is 0 Å². The van der Waals surface area contributed by atoms with Gasteiger partial charge < -0.3 is 0 Å². The van der Waals surface area contributed by atoms with Crippen LogP contribution in [0.1, 0.15) is 17.5 Å². The predicted octanol–water partition coefficient (Wildman–Crippen LogP) is 5.17. The summed E-state index contributed by atoms with van der Waals surface area (Å²) in [6.45, 7) is 9.69. The molecule has 116 valence electrons. The van der Waals surface area contributed by atoms with E-state index >= 15 is 0 Å². The van der Waals surface area contributed by atoms with Gasteiger partial charge in [-0.15, -0.1) is 0 Å². The molecule has 0 radical (unpaired) electrons. The summed E-state index contributed by atoms with van der Waals surface area (Å²) in [7, 11) is -1.03. The largest absolute Gasteiger partial charge is 0.292 e. The zero-order valence-electron chi connectivity index (χ0n) is 14.0. The molecule has 3 rings (SSSR count). The summed E-state index contributed by atoms with van der Waals surface area (Å²) >= 11 is 0. The Labute approximate surface area is 136 Å². The van der Waals surface area contributed by atoms with E-state index in [9.17, 15) is 0 Å². The highest BCUT2D eigenvalue weighted by Crippen LogP contribution is 2.49. The van der Waals surface area contributed by atoms with Crippen molar-refractivity contribution in [2.45, 2.75) is 50.7 Å². The van der Waals surface area contributed by atoms with Crippen molar-refractivity contribution in [3.63, 3.8) is 0 Å². The zero-order chi connectivity index (χ0) is 15.6. The molecule has 1 saturated carbocycles. The Kier molecular flexibility index (Phi) is 4.51. The number of hydrogen-bond donors (Lipinski definition) is 0. The van der Waals surface area contributed by atoms with E-state index in [1.807, 2.05) is 0 Å². The van der Waals surface area contributed by atoms with Gasteiger partial charge in [-0.3, -0.25) is 4.90 Å². The first kappa shape index (κ1) is 15.5. The van der Waals surface area contributed by atoms with Gasteiger partial charge in [-0.05, 0) is 23.1 Å². The Morgan fingerprint density at radius 2 is 1.27 bits per heavy atom. The molecule has 1 aliphatic rings. The normalized spacial score (nSPS) is 21.1. The summed E-state index contributed by atoms with van der Waals surface area (Å²) in [5.41, 5.74) is 3.82. The third-order valence-electron chi connectivity index (χ3n) is 4.80. The van der Waals surface area contributed by atoms with Crippen molar-refractivity contribution >= 4 is 8.07 Å². The van der Waals surface area contributed by atoms with E-state index < -0.39 is 8.07 Å². The molecule has 0 unspecified atom stereocenters. The van der Waals surface area contributed by atoms with Crippen LogP contribution >= 0.6 is 0 Å². The summed E-state index contributed by atoms with van der Waals surface area (Å²) in [6.07, 6.45) is 1.40. The van der Waals surface area contributed by atoms with E-state index in [2.05, 4.69) is 85.2 Å². The van der Waals surface area contributed by atoms with Crippen LogP contribution in [0.15, 0.2) is 60.7 Å². The average Bonchev–Trinajstić information content (AvgIpc) is 3.29. The maximum atomic E-state index is 2.70. The molecule has 0 spiro atoms. The number of nitrogens with zero attached hydrogens (tertiary/aromatic N) is 1. The van der Waals surface area contributed by atoms with Gasteiger partial charge in [0.05, 0.1) is 0 Å². The number of hydrogen-bond acceptors (Lipinski definition) is 1. The van der Waals surface area contributed by atoms with Crippen LogP contribution in [0, 0.1) is 0 Å². The second-order valence-corrected chi connectivity index (χ2v) is 13.1. The highest BCUT2D eigenvalue weighted by atomic mass is 28.3. The first-order valence-corrected chi connectivity index (χ1v) is 11.9. The quantitative estimate of drug-likeness (QED) is 0.665. The first-order valence-electron chi connectivity index (χ1n) is 8.36. The minimum atomic E-state index is -1.03. The molecular formula is C20H27NSi. The van der Waals surface area contributed by atoms with Gasteiger partial charge in [-0.1, -0.05) is 80.3 Å². The monoisotopic (exact) mass is 309 g/mol. The standard InChI is InChI=1S/C20H27NSi/c1-22(2,3)20-14-19(20)21(15-17-10-6-4-7-11-17)16-18-12-8-5-9-13-18/h4-13,19-20H,14-16H2,1-3H3/t19-,20-/m1/s1. The Bertz CT molecular complexity index is 547. The first-order chi connectivity index (χ1) is 10.5. The van der Waals surface area contributed by atoms with Crippen LogP contribution in [0.4, 0.5) is 0 Å². The number of benzene rings is 2. The molecule has 1 nitrogen and oxygen atoms in total. The van der Waals surface area contributed by atoms with Gasteiger partial charge in [0.25, 0.3) is 0 Å². The lowest BCUT2D eigenvalue weighted by Crippen LogP contribution is -2.31. The molecular weight excluding hydrogens is 282 g/mol. The van der Waals surface area contributed by atoms with Gasteiger partial charge >= 0.3 is 0 Å². The fourth-order valence-corrected chi connectivity index (χ4v) is 5.76. The summed E-state index contributed by atoms with van der Waals surface area (Å²) < 4.78 is 0. The molecule has 2 aromatic carbocycles. The third kappa shape index (κ3) is 3.87. The van der Waals surface area contributed by atoms with Gasteiger partial charge in [-0.25, -0.2) is 0 Å². The molecule has 2 heteroatoms. The van der Waals surface area contributed by atoms with Crippen LogP contribution in [0.2, 0.25) is 25.2 Å². The second-order valence-electron chi connectivity index (χ2n) is 7.65. The molecule has 0 N–H and O–H groups in total. The summed E-state index contributed by atoms with van der Waals surface area (Å²) in [5.74, 6) is 0. The van der Waals surface area contributed by atoms with Crippen molar-refractivity contribution in [2.24, 2.45) is 0 Å². The zero-order valence-corrected chi connectivity index (χ0v) is 15.0. The SMILES string of the molecule is C[Si](C)(C)[C@@H]1C[C@H]1N(Cc1ccccc1)Cc1ccccc1. The predicted molar refractivity (Wildman–Crippen MR) is 97.6 cm³/mol. The van der Waals surface area contributed by atoms with Crippen LogP contribution < -0.4 is 0 Å². The topological polar surface area (TPSA) is 3.24 Å². The van der Waals surface area contributed by atoms with E-state index in [0.29, 0.717) is 0 Å². The number of rotatable bonds is 6. The van der Waals surface area contributed by atoms with Gasteiger partial charge in [-0.2, -0.15) is 0 Å². The van der Waals surface area contributed by atoms with Crippen LogP contribution in [-0.2, 0) is 13.1 Å². The van der Waals surface area contributed by atoms with Crippen molar-refractivity contribution in [1.29, 1.82) is 0 Å². The van der Waals surface area contributed by atoms with Crippen LogP contribution in [-0.4, -0.2) is 19.0 Å². The van der Waals surface area contributed by atoms with Crippen molar-refractivity contribution < 1.29 is 0 Å². The highest BCUT2D eigenvalue weighted by molar-refractivity contribution is 6.78. The van der Waals surface area contributed by atoms with Crippen LogP contribution in [0.5, 0.6) is 0 Å². The summed E-state index contributed by atoms with van der Waals surface area (Å²) in [4.78, 5) is 2.70. The molecule has 2 atom stereocenters. The average molecular weight is 310 g/mol. The Morgan fingerprint density at radius 3 is 1.64 bits per heavy atom. The molecule has 0 bridgehead atoms. The van der Waals surface area contributed by atoms with E-state index in [-0.39, 0.29) is 0 Å². The van der Waals surface area contributed by atoms with E-state index in [0.717, 1.165) is 24.7 Å². The minimum absolute atomic E-state index is 0.784. The summed E-state index contributed by atoms with van der Waals surface area (Å²) in [5, 5.41) is 0. The molecule has 1 aliphatic carbocycles. The molecule has 0 amide bonds. The van der Waals surface area contributed by atoms with E-state index in [1.54, 1.807) is 0 Å². The smallest absolute Gasteiger partial charge is 0.0491 e. The fraction of sp³-hybridized carbons (Fsp3) is 0.400. The van der Waals surface area contributed by atoms with Crippen molar-refractivity contribution in [1.82, 2.24) is 4.90 Å². The highest BCUT2D eigenvalue weighted by Gasteiger charge is 2.48. The lowest BCUT2D eigenvalue weighted by Gasteiger charge is -2.26. The Morgan fingerprint density at radius 1 is 0.818 bits per heavy atom. The lowest BCUT2D eigenvalue weighted by atomic mass is 10.1. The van der Waals surface area contributed by atoms with Gasteiger partial charge in [0.15, 0.2) is 0 Å². The molecule has 2 aromatic rings. The van der Waals surface area contributed by atoms with Crippen molar-refractivity contribution in [2.75, 3.05) is 0 Å². The fourth-order valence-electron chi connectivity index (χ4n) is 3.44. The summed E-state index contributed by atoms with van der Waals surface area (Å²) in [6, 6.07) is 22.6. The molecule has 0 aliphatic heterocycles. The molecule has 0 aromatic heterocycles. The maximum absolute atomic E-state index is 2.70. The second kappa shape index (κ2) is 6.39. The van der Waals surface area contributed by atoms with Gasteiger partial charge in [0.1, 0.15) is 0 Å². The van der Waals surface area contributed by atoms with Crippen LogP contribution in [0.3, 0.4) is 0 Å². The van der Waals surface area contributed by atoms with Crippen molar-refractivity contribution in [3.8, 4) is 0 Å².